The topological polar surface area (TPSA) is 59.9 Å². The molecule has 0 bridgehead atoms. The fourth-order valence-corrected chi connectivity index (χ4v) is 5.03. The number of halogens is 3. The highest BCUT2D eigenvalue weighted by Gasteiger charge is 2.12. The number of hydrazone groups is 1. The molecule has 32 heavy (non-hydrogen) atoms. The van der Waals surface area contributed by atoms with Crippen LogP contribution in [0, 0.1) is 7.14 Å². The first-order valence-corrected chi connectivity index (χ1v) is 12.0. The molecule has 164 valence electrons. The minimum atomic E-state index is -0.369. The molecule has 0 aliphatic heterocycles. The van der Waals surface area contributed by atoms with Crippen LogP contribution < -0.4 is 14.9 Å². The molecular formula is C24H19ClI2N2O3. The fourth-order valence-electron chi connectivity index (χ4n) is 2.71. The monoisotopic (exact) mass is 672 g/mol. The number of carbonyl (C=O) groups excluding carboxylic acids is 1. The molecule has 3 aromatic rings. The highest BCUT2D eigenvalue weighted by atomic mass is 127. The number of ether oxygens (including phenoxy) is 2. The minimum Gasteiger partial charge on any atom is -0.488 e. The molecule has 0 aliphatic carbocycles. The Balaban J connectivity index is 1.67. The molecule has 0 spiro atoms. The molecule has 5 nitrogen and oxygen atoms in total. The van der Waals surface area contributed by atoms with Gasteiger partial charge in [-0.25, -0.2) is 5.43 Å². The summed E-state index contributed by atoms with van der Waals surface area (Å²) >= 11 is 10.6. The van der Waals surface area contributed by atoms with E-state index in [0.717, 1.165) is 24.0 Å². The predicted octanol–water partition coefficient (Wildman–Crippen LogP) is 6.46. The normalized spacial score (nSPS) is 10.7. The third-order valence-corrected chi connectivity index (χ3v) is 6.19. The molecule has 0 saturated heterocycles. The molecule has 0 aromatic heterocycles. The van der Waals surface area contributed by atoms with Gasteiger partial charge in [0, 0.05) is 10.6 Å². The molecule has 0 heterocycles. The van der Waals surface area contributed by atoms with Crippen molar-refractivity contribution in [1.29, 1.82) is 0 Å². The van der Waals surface area contributed by atoms with E-state index in [1.165, 1.54) is 0 Å². The number of hydrogen-bond donors (Lipinski definition) is 1. The Labute approximate surface area is 219 Å². The van der Waals surface area contributed by atoms with Crippen LogP contribution in [-0.2, 0) is 6.61 Å². The summed E-state index contributed by atoms with van der Waals surface area (Å²) < 4.78 is 13.4. The van der Waals surface area contributed by atoms with E-state index in [1.54, 1.807) is 36.6 Å². The third kappa shape index (κ3) is 6.69. The quantitative estimate of drug-likeness (QED) is 0.123. The Hall–Kier alpha value is -2.11. The van der Waals surface area contributed by atoms with Crippen LogP contribution in [0.15, 0.2) is 78.4 Å². The smallest absolute Gasteiger partial charge is 0.275 e. The summed E-state index contributed by atoms with van der Waals surface area (Å²) in [6, 6.07) is 18.3. The number of hydrogen-bond acceptors (Lipinski definition) is 4. The lowest BCUT2D eigenvalue weighted by Gasteiger charge is -2.11. The zero-order valence-electron chi connectivity index (χ0n) is 16.9. The fraction of sp³-hybridized carbons (Fsp3) is 0.0833. The average Bonchev–Trinajstić information content (AvgIpc) is 2.78. The zero-order valence-corrected chi connectivity index (χ0v) is 21.9. The molecule has 0 atom stereocenters. The molecule has 3 aromatic carbocycles. The average molecular weight is 673 g/mol. The number of rotatable bonds is 9. The predicted molar refractivity (Wildman–Crippen MR) is 145 cm³/mol. The lowest BCUT2D eigenvalue weighted by Crippen LogP contribution is -2.18. The van der Waals surface area contributed by atoms with Crippen LogP contribution in [0.25, 0.3) is 0 Å². The van der Waals surface area contributed by atoms with Crippen LogP contribution >= 0.6 is 56.8 Å². The largest absolute Gasteiger partial charge is 0.488 e. The molecule has 0 fully saturated rings. The Morgan fingerprint density at radius 3 is 2.47 bits per heavy atom. The molecule has 1 N–H and O–H groups in total. The summed E-state index contributed by atoms with van der Waals surface area (Å²) in [4.78, 5) is 12.7. The maximum absolute atomic E-state index is 12.7. The van der Waals surface area contributed by atoms with E-state index in [-0.39, 0.29) is 12.5 Å². The standard InChI is InChI=1S/C24H19ClI2N2O3/c1-2-11-31-23-20(26)12-16(13-21(23)27)14-28-29-24(30)18-8-4-6-10-22(18)32-15-17-7-3-5-9-19(17)25/h2-10,12-14H,1,11,15H2,(H,29,30)/b28-14+. The van der Waals surface area contributed by atoms with Crippen molar-refractivity contribution in [3.05, 3.63) is 102 Å². The van der Waals surface area contributed by atoms with E-state index in [4.69, 9.17) is 21.1 Å². The molecule has 0 aliphatic rings. The summed E-state index contributed by atoms with van der Waals surface area (Å²) in [5.74, 6) is 0.885. The van der Waals surface area contributed by atoms with Crippen molar-refractivity contribution >= 4 is 68.9 Å². The van der Waals surface area contributed by atoms with Crippen molar-refractivity contribution in [2.24, 2.45) is 5.10 Å². The van der Waals surface area contributed by atoms with E-state index < -0.39 is 0 Å². The van der Waals surface area contributed by atoms with Crippen molar-refractivity contribution in [3.63, 3.8) is 0 Å². The van der Waals surface area contributed by atoms with E-state index in [1.807, 2.05) is 36.4 Å². The van der Waals surface area contributed by atoms with Crippen LogP contribution in [0.3, 0.4) is 0 Å². The van der Waals surface area contributed by atoms with Gasteiger partial charge in [0.25, 0.3) is 5.91 Å². The van der Waals surface area contributed by atoms with Crippen LogP contribution in [0.2, 0.25) is 5.02 Å². The molecular weight excluding hydrogens is 654 g/mol. The van der Waals surface area contributed by atoms with Gasteiger partial charge in [0.05, 0.1) is 18.9 Å². The maximum Gasteiger partial charge on any atom is 0.275 e. The van der Waals surface area contributed by atoms with Gasteiger partial charge in [0.1, 0.15) is 24.7 Å². The molecule has 0 unspecified atom stereocenters. The second-order valence-corrected chi connectivity index (χ2v) is 9.22. The Bertz CT molecular complexity index is 1130. The second kappa shape index (κ2) is 12.2. The van der Waals surface area contributed by atoms with Gasteiger partial charge < -0.3 is 9.47 Å². The first kappa shape index (κ1) is 24.5. The van der Waals surface area contributed by atoms with Crippen LogP contribution in [0.1, 0.15) is 21.5 Å². The minimum absolute atomic E-state index is 0.254. The highest BCUT2D eigenvalue weighted by molar-refractivity contribution is 14.1. The van der Waals surface area contributed by atoms with Crippen LogP contribution in [-0.4, -0.2) is 18.7 Å². The van der Waals surface area contributed by atoms with Gasteiger partial charge in [0.2, 0.25) is 0 Å². The number of benzene rings is 3. The van der Waals surface area contributed by atoms with Gasteiger partial charge >= 0.3 is 0 Å². The lowest BCUT2D eigenvalue weighted by atomic mass is 10.2. The second-order valence-electron chi connectivity index (χ2n) is 6.49. The molecule has 3 rings (SSSR count). The SMILES string of the molecule is C=CCOc1c(I)cc(/C=N/NC(=O)c2ccccc2OCc2ccccc2Cl)cc1I. The van der Waals surface area contributed by atoms with Gasteiger partial charge in [-0.1, -0.05) is 54.6 Å². The van der Waals surface area contributed by atoms with Crippen molar-refractivity contribution in [2.45, 2.75) is 6.61 Å². The number of nitrogens with one attached hydrogen (secondary N) is 1. The first-order valence-electron chi connectivity index (χ1n) is 9.51. The van der Waals surface area contributed by atoms with Gasteiger partial charge in [-0.05, 0) is 81.1 Å². The number of amides is 1. The van der Waals surface area contributed by atoms with E-state index >= 15 is 0 Å². The van der Waals surface area contributed by atoms with Gasteiger partial charge in [-0.3, -0.25) is 4.79 Å². The Morgan fingerprint density at radius 2 is 1.75 bits per heavy atom. The van der Waals surface area contributed by atoms with E-state index in [0.29, 0.717) is 22.9 Å². The van der Waals surface area contributed by atoms with E-state index in [9.17, 15) is 4.79 Å². The lowest BCUT2D eigenvalue weighted by molar-refractivity contribution is 0.0950. The molecule has 0 radical (unpaired) electrons. The Kier molecular flexibility index (Phi) is 9.36. The van der Waals surface area contributed by atoms with Crippen molar-refractivity contribution in [1.82, 2.24) is 5.43 Å². The summed E-state index contributed by atoms with van der Waals surface area (Å²) in [5.41, 5.74) is 4.62. The van der Waals surface area contributed by atoms with Crippen molar-refractivity contribution in [3.8, 4) is 11.5 Å². The summed E-state index contributed by atoms with van der Waals surface area (Å²) in [6.45, 7) is 4.36. The maximum atomic E-state index is 12.7. The van der Waals surface area contributed by atoms with Crippen LogP contribution in [0.5, 0.6) is 11.5 Å². The van der Waals surface area contributed by atoms with Gasteiger partial charge in [-0.15, -0.1) is 0 Å². The number of carbonyl (C=O) groups is 1. The summed E-state index contributed by atoms with van der Waals surface area (Å²) in [5, 5.41) is 4.72. The molecule has 0 saturated carbocycles. The summed E-state index contributed by atoms with van der Waals surface area (Å²) in [7, 11) is 0. The van der Waals surface area contributed by atoms with Crippen LogP contribution in [0.4, 0.5) is 0 Å². The zero-order chi connectivity index (χ0) is 22.9. The molecule has 8 heteroatoms. The molecule has 1 amide bonds. The van der Waals surface area contributed by atoms with Crippen molar-refractivity contribution in [2.75, 3.05) is 6.61 Å². The number of nitrogens with zero attached hydrogens (tertiary/aromatic N) is 1. The Morgan fingerprint density at radius 1 is 1.06 bits per heavy atom. The first-order chi connectivity index (χ1) is 15.5. The third-order valence-electron chi connectivity index (χ3n) is 4.22. The number of para-hydroxylation sites is 1. The van der Waals surface area contributed by atoms with Crippen molar-refractivity contribution < 1.29 is 14.3 Å². The van der Waals surface area contributed by atoms with Gasteiger partial charge in [-0.2, -0.15) is 5.10 Å². The van der Waals surface area contributed by atoms with Gasteiger partial charge in [0.15, 0.2) is 0 Å². The summed E-state index contributed by atoms with van der Waals surface area (Å²) in [6.07, 6.45) is 3.29. The highest BCUT2D eigenvalue weighted by Crippen LogP contribution is 2.28. The van der Waals surface area contributed by atoms with E-state index in [2.05, 4.69) is 62.3 Å².